The summed E-state index contributed by atoms with van der Waals surface area (Å²) in [4.78, 5) is 25.7. The SMILES string of the molecule is Cc1ccc(-n2ncc3c(SCC(=O)Nc4nc(C(C)(C)C)cs4)ncnc32)cc1. The van der Waals surface area contributed by atoms with Gasteiger partial charge < -0.3 is 5.32 Å². The highest BCUT2D eigenvalue weighted by atomic mass is 32.2. The maximum absolute atomic E-state index is 12.4. The summed E-state index contributed by atoms with van der Waals surface area (Å²) in [5.41, 5.74) is 3.75. The number of anilines is 1. The molecule has 0 saturated heterocycles. The van der Waals surface area contributed by atoms with Gasteiger partial charge in [-0.3, -0.25) is 4.79 Å². The van der Waals surface area contributed by atoms with Crippen LogP contribution in [0.5, 0.6) is 0 Å². The van der Waals surface area contributed by atoms with Gasteiger partial charge in [-0.2, -0.15) is 5.10 Å². The molecule has 0 atom stereocenters. The smallest absolute Gasteiger partial charge is 0.236 e. The van der Waals surface area contributed by atoms with Crippen LogP contribution in [0.1, 0.15) is 32.0 Å². The molecule has 7 nitrogen and oxygen atoms in total. The number of carbonyl (C=O) groups is 1. The summed E-state index contributed by atoms with van der Waals surface area (Å²) in [5.74, 6) is 0.110. The van der Waals surface area contributed by atoms with E-state index in [0.717, 1.165) is 21.8 Å². The molecule has 0 unspecified atom stereocenters. The van der Waals surface area contributed by atoms with E-state index in [-0.39, 0.29) is 17.1 Å². The molecule has 4 rings (SSSR count). The van der Waals surface area contributed by atoms with Crippen molar-refractivity contribution in [2.24, 2.45) is 0 Å². The second-order valence-corrected chi connectivity index (χ2v) is 9.75. The van der Waals surface area contributed by atoms with Crippen LogP contribution in [0.4, 0.5) is 5.13 Å². The lowest BCUT2D eigenvalue weighted by Gasteiger charge is -2.14. The van der Waals surface area contributed by atoms with Crippen LogP contribution < -0.4 is 5.32 Å². The number of aryl methyl sites for hydroxylation is 1. The minimum atomic E-state index is -0.118. The van der Waals surface area contributed by atoms with E-state index in [1.165, 1.54) is 35.0 Å². The van der Waals surface area contributed by atoms with Gasteiger partial charge in [0.2, 0.25) is 5.91 Å². The van der Waals surface area contributed by atoms with Crippen molar-refractivity contribution in [1.29, 1.82) is 0 Å². The van der Waals surface area contributed by atoms with Gasteiger partial charge in [-0.1, -0.05) is 50.2 Å². The largest absolute Gasteiger partial charge is 0.301 e. The zero-order chi connectivity index (χ0) is 21.3. The van der Waals surface area contributed by atoms with Crippen LogP contribution in [-0.4, -0.2) is 36.4 Å². The van der Waals surface area contributed by atoms with E-state index in [2.05, 4.69) is 46.1 Å². The average Bonchev–Trinajstić information content (AvgIpc) is 3.34. The Morgan fingerprint density at radius 3 is 2.67 bits per heavy atom. The van der Waals surface area contributed by atoms with Crippen LogP contribution in [0.3, 0.4) is 0 Å². The number of hydrogen-bond acceptors (Lipinski definition) is 7. The van der Waals surface area contributed by atoms with Crippen LogP contribution in [-0.2, 0) is 10.2 Å². The van der Waals surface area contributed by atoms with E-state index < -0.39 is 0 Å². The topological polar surface area (TPSA) is 85.6 Å². The highest BCUT2D eigenvalue weighted by Crippen LogP contribution is 2.28. The maximum Gasteiger partial charge on any atom is 0.236 e. The first-order valence-corrected chi connectivity index (χ1v) is 11.3. The molecule has 4 aromatic rings. The fourth-order valence-electron chi connectivity index (χ4n) is 2.78. The molecule has 3 aromatic heterocycles. The molecule has 0 spiro atoms. The van der Waals surface area contributed by atoms with Gasteiger partial charge in [0.15, 0.2) is 10.8 Å². The molecule has 30 heavy (non-hydrogen) atoms. The Hall–Kier alpha value is -2.78. The molecule has 0 bridgehead atoms. The van der Waals surface area contributed by atoms with Gasteiger partial charge >= 0.3 is 0 Å². The minimum absolute atomic E-state index is 0.0433. The van der Waals surface area contributed by atoms with Crippen molar-refractivity contribution in [3.63, 3.8) is 0 Å². The van der Waals surface area contributed by atoms with Crippen LogP contribution in [0.2, 0.25) is 0 Å². The highest BCUT2D eigenvalue weighted by Gasteiger charge is 2.18. The van der Waals surface area contributed by atoms with Crippen LogP contribution in [0, 0.1) is 6.92 Å². The molecule has 0 aliphatic carbocycles. The van der Waals surface area contributed by atoms with Gasteiger partial charge in [0, 0.05) is 10.8 Å². The Morgan fingerprint density at radius 1 is 1.20 bits per heavy atom. The highest BCUT2D eigenvalue weighted by molar-refractivity contribution is 8.00. The number of benzene rings is 1. The number of nitrogens with zero attached hydrogens (tertiary/aromatic N) is 5. The minimum Gasteiger partial charge on any atom is -0.301 e. The molecule has 1 aromatic carbocycles. The van der Waals surface area contributed by atoms with Crippen molar-refractivity contribution < 1.29 is 4.79 Å². The first-order chi connectivity index (χ1) is 14.3. The Bertz CT molecular complexity index is 1190. The third-order valence-electron chi connectivity index (χ3n) is 4.47. The predicted molar refractivity (Wildman–Crippen MR) is 122 cm³/mol. The Labute approximate surface area is 183 Å². The Morgan fingerprint density at radius 2 is 1.97 bits per heavy atom. The van der Waals surface area contributed by atoms with Crippen LogP contribution in [0.15, 0.2) is 47.2 Å². The number of thiazole rings is 1. The summed E-state index contributed by atoms with van der Waals surface area (Å²) in [7, 11) is 0. The van der Waals surface area contributed by atoms with Crippen LogP contribution >= 0.6 is 23.1 Å². The summed E-state index contributed by atoms with van der Waals surface area (Å²) in [6.45, 7) is 8.34. The zero-order valence-corrected chi connectivity index (χ0v) is 18.8. The van der Waals surface area contributed by atoms with Crippen molar-refractivity contribution in [3.05, 3.63) is 53.4 Å². The monoisotopic (exact) mass is 438 g/mol. The Kier molecular flexibility index (Phi) is 5.57. The number of thioether (sulfide) groups is 1. The number of fused-ring (bicyclic) bond motifs is 1. The second kappa shape index (κ2) is 8.16. The average molecular weight is 439 g/mol. The number of hydrogen-bond donors (Lipinski definition) is 1. The number of amides is 1. The number of aromatic nitrogens is 5. The summed E-state index contributed by atoms with van der Waals surface area (Å²) in [6.07, 6.45) is 3.25. The molecule has 0 aliphatic heterocycles. The predicted octanol–water partition coefficient (Wildman–Crippen LogP) is 4.61. The molecule has 1 amide bonds. The second-order valence-electron chi connectivity index (χ2n) is 7.93. The van der Waals surface area contributed by atoms with Crippen LogP contribution in [0.25, 0.3) is 16.7 Å². The van der Waals surface area contributed by atoms with Crippen molar-refractivity contribution in [2.45, 2.75) is 38.1 Å². The fraction of sp³-hybridized carbons (Fsp3) is 0.286. The van der Waals surface area contributed by atoms with E-state index in [0.29, 0.717) is 10.8 Å². The summed E-state index contributed by atoms with van der Waals surface area (Å²) in [5, 5.41) is 11.5. The lowest BCUT2D eigenvalue weighted by Crippen LogP contribution is -2.15. The number of nitrogens with one attached hydrogen (secondary N) is 1. The molecule has 9 heteroatoms. The molecule has 0 radical (unpaired) electrons. The quantitative estimate of drug-likeness (QED) is 0.362. The molecule has 154 valence electrons. The van der Waals surface area contributed by atoms with E-state index in [1.807, 2.05) is 36.6 Å². The Balaban J connectivity index is 1.47. The summed E-state index contributed by atoms with van der Waals surface area (Å²) >= 11 is 2.80. The lowest BCUT2D eigenvalue weighted by atomic mass is 9.93. The van der Waals surface area contributed by atoms with Crippen molar-refractivity contribution >= 4 is 45.2 Å². The lowest BCUT2D eigenvalue weighted by molar-refractivity contribution is -0.113. The van der Waals surface area contributed by atoms with Gasteiger partial charge in [-0.15, -0.1) is 11.3 Å². The summed E-state index contributed by atoms with van der Waals surface area (Å²) < 4.78 is 1.78. The molecular weight excluding hydrogens is 416 g/mol. The number of carbonyl (C=O) groups excluding carboxylic acids is 1. The normalized spacial score (nSPS) is 11.7. The van der Waals surface area contributed by atoms with E-state index in [9.17, 15) is 4.79 Å². The van der Waals surface area contributed by atoms with Gasteiger partial charge in [-0.25, -0.2) is 19.6 Å². The standard InChI is InChI=1S/C21H22N6OS2/c1-13-5-7-14(8-6-13)27-18-15(9-24-27)19(23-12-22-18)29-11-17(28)26-20-25-16(10-30-20)21(2,3)4/h5-10,12H,11H2,1-4H3,(H,25,26,28). The third-order valence-corrected chi connectivity index (χ3v) is 6.23. The first kappa shape index (κ1) is 20.5. The first-order valence-electron chi connectivity index (χ1n) is 9.46. The van der Waals surface area contributed by atoms with Crippen molar-refractivity contribution in [3.8, 4) is 5.69 Å². The molecular formula is C21H22N6OS2. The van der Waals surface area contributed by atoms with Gasteiger partial charge in [0.05, 0.1) is 28.7 Å². The third kappa shape index (κ3) is 4.36. The molecule has 0 aliphatic rings. The van der Waals surface area contributed by atoms with E-state index in [4.69, 9.17) is 0 Å². The van der Waals surface area contributed by atoms with Gasteiger partial charge in [0.1, 0.15) is 11.4 Å². The van der Waals surface area contributed by atoms with Gasteiger partial charge in [0.25, 0.3) is 0 Å². The molecule has 3 heterocycles. The van der Waals surface area contributed by atoms with Gasteiger partial charge in [-0.05, 0) is 19.1 Å². The summed E-state index contributed by atoms with van der Waals surface area (Å²) in [6, 6.07) is 8.08. The van der Waals surface area contributed by atoms with E-state index >= 15 is 0 Å². The maximum atomic E-state index is 12.4. The molecule has 0 saturated carbocycles. The van der Waals surface area contributed by atoms with Crippen molar-refractivity contribution in [1.82, 2.24) is 24.7 Å². The number of rotatable bonds is 5. The molecule has 1 N–H and O–H groups in total. The van der Waals surface area contributed by atoms with Crippen molar-refractivity contribution in [2.75, 3.05) is 11.1 Å². The molecule has 0 fully saturated rings. The van der Waals surface area contributed by atoms with E-state index in [1.54, 1.807) is 10.9 Å². The fourth-order valence-corrected chi connectivity index (χ4v) is 4.49. The zero-order valence-electron chi connectivity index (χ0n) is 17.2.